The molecule has 2 bridgehead atoms. The van der Waals surface area contributed by atoms with Crippen LogP contribution in [0.5, 0.6) is 0 Å². The highest BCUT2D eigenvalue weighted by Gasteiger charge is 2.41. The van der Waals surface area contributed by atoms with Crippen molar-refractivity contribution >= 4 is 16.3 Å². The van der Waals surface area contributed by atoms with Crippen molar-refractivity contribution < 1.29 is 0 Å². The van der Waals surface area contributed by atoms with Crippen molar-refractivity contribution in [3.63, 3.8) is 0 Å². The molecule has 66 valence electrons. The molecule has 1 saturated carbocycles. The van der Waals surface area contributed by atoms with Gasteiger partial charge in [0.15, 0.2) is 0 Å². The lowest BCUT2D eigenvalue weighted by atomic mass is 9.95. The summed E-state index contributed by atoms with van der Waals surface area (Å²) in [6, 6.07) is 2.25. The number of fused-ring (bicyclic) bond motifs is 5. The Labute approximate surface area is 81.0 Å². The normalized spacial score (nSPS) is 28.8. The zero-order valence-corrected chi connectivity index (χ0v) is 8.03. The lowest BCUT2D eigenvalue weighted by Gasteiger charge is -2.08. The van der Waals surface area contributed by atoms with Gasteiger partial charge in [-0.3, -0.25) is 0 Å². The van der Waals surface area contributed by atoms with Crippen LogP contribution in [-0.2, 0) is 0 Å². The Balaban J connectivity index is 2.27. The Morgan fingerprint density at radius 2 is 2.15 bits per heavy atom. The van der Waals surface area contributed by atoms with Crippen molar-refractivity contribution in [3.8, 4) is 6.07 Å². The molecule has 1 aromatic rings. The molecular weight excluding hydrogens is 180 g/mol. The monoisotopic (exact) mass is 190 g/mol. The molecule has 2 unspecified atom stereocenters. The van der Waals surface area contributed by atoms with E-state index < -0.39 is 0 Å². The number of thiophene rings is 1. The van der Waals surface area contributed by atoms with Crippen molar-refractivity contribution in [3.05, 3.63) is 16.0 Å². The van der Waals surface area contributed by atoms with Crippen LogP contribution in [0, 0.1) is 11.3 Å². The average molecular weight is 190 g/mol. The molecule has 2 aliphatic rings. The van der Waals surface area contributed by atoms with E-state index in [4.69, 9.17) is 11.0 Å². The van der Waals surface area contributed by atoms with Gasteiger partial charge < -0.3 is 5.73 Å². The Morgan fingerprint density at radius 1 is 1.38 bits per heavy atom. The Hall–Kier alpha value is -1.01. The number of nitriles is 1. The first-order chi connectivity index (χ1) is 6.31. The number of hydrogen-bond acceptors (Lipinski definition) is 3. The molecule has 13 heavy (non-hydrogen) atoms. The van der Waals surface area contributed by atoms with Crippen molar-refractivity contribution in [1.29, 1.82) is 5.26 Å². The number of rotatable bonds is 0. The van der Waals surface area contributed by atoms with E-state index in [-0.39, 0.29) is 0 Å². The molecule has 2 N–H and O–H groups in total. The van der Waals surface area contributed by atoms with Crippen molar-refractivity contribution in [2.24, 2.45) is 0 Å². The molecule has 0 aliphatic heterocycles. The van der Waals surface area contributed by atoms with Crippen LogP contribution in [0.25, 0.3) is 0 Å². The van der Waals surface area contributed by atoms with Crippen LogP contribution in [-0.4, -0.2) is 0 Å². The predicted molar refractivity (Wildman–Crippen MR) is 52.8 cm³/mol. The van der Waals surface area contributed by atoms with Crippen molar-refractivity contribution in [2.75, 3.05) is 5.73 Å². The van der Waals surface area contributed by atoms with Crippen LogP contribution < -0.4 is 5.73 Å². The van der Waals surface area contributed by atoms with E-state index in [0.29, 0.717) is 5.92 Å². The minimum Gasteiger partial charge on any atom is -0.389 e. The van der Waals surface area contributed by atoms with Gasteiger partial charge in [-0.1, -0.05) is 0 Å². The molecule has 0 saturated heterocycles. The van der Waals surface area contributed by atoms with Gasteiger partial charge in [-0.25, -0.2) is 0 Å². The fourth-order valence-electron chi connectivity index (χ4n) is 2.79. The molecular formula is C10H10N2S. The molecule has 0 radical (unpaired) electrons. The summed E-state index contributed by atoms with van der Waals surface area (Å²) in [6.45, 7) is 0. The lowest BCUT2D eigenvalue weighted by molar-refractivity contribution is 0.727. The van der Waals surface area contributed by atoms with E-state index in [1.54, 1.807) is 11.3 Å². The maximum atomic E-state index is 8.98. The summed E-state index contributed by atoms with van der Waals surface area (Å²) in [4.78, 5) is 1.42. The molecule has 0 spiro atoms. The molecule has 1 heterocycles. The first-order valence-electron chi connectivity index (χ1n) is 4.63. The third kappa shape index (κ3) is 0.769. The van der Waals surface area contributed by atoms with Crippen LogP contribution in [0.4, 0.5) is 5.00 Å². The van der Waals surface area contributed by atoms with E-state index in [0.717, 1.165) is 16.5 Å². The Morgan fingerprint density at radius 3 is 2.92 bits per heavy atom. The summed E-state index contributed by atoms with van der Waals surface area (Å²) in [5.41, 5.74) is 7.90. The molecule has 0 amide bonds. The number of nitrogen functional groups attached to an aromatic ring is 1. The van der Waals surface area contributed by atoms with Crippen molar-refractivity contribution in [2.45, 2.75) is 31.1 Å². The van der Waals surface area contributed by atoms with Gasteiger partial charge in [-0.2, -0.15) is 5.26 Å². The van der Waals surface area contributed by atoms with Gasteiger partial charge in [0.25, 0.3) is 0 Å². The molecule has 2 atom stereocenters. The molecule has 3 rings (SSSR count). The second-order valence-electron chi connectivity index (χ2n) is 3.94. The summed E-state index contributed by atoms with van der Waals surface area (Å²) < 4.78 is 0. The second kappa shape index (κ2) is 2.27. The molecule has 2 nitrogen and oxygen atoms in total. The maximum Gasteiger partial charge on any atom is 0.104 e. The van der Waals surface area contributed by atoms with Gasteiger partial charge >= 0.3 is 0 Å². The van der Waals surface area contributed by atoms with E-state index >= 15 is 0 Å². The topological polar surface area (TPSA) is 49.8 Å². The Kier molecular flexibility index (Phi) is 1.29. The summed E-state index contributed by atoms with van der Waals surface area (Å²) in [6.07, 6.45) is 3.85. The largest absolute Gasteiger partial charge is 0.389 e. The molecule has 0 aromatic carbocycles. The zero-order valence-electron chi connectivity index (χ0n) is 7.21. The molecule has 1 aromatic heterocycles. The van der Waals surface area contributed by atoms with Gasteiger partial charge in [-0.15, -0.1) is 11.3 Å². The summed E-state index contributed by atoms with van der Waals surface area (Å²) in [5, 5.41) is 9.72. The molecule has 2 aliphatic carbocycles. The number of hydrogen-bond donors (Lipinski definition) is 1. The van der Waals surface area contributed by atoms with Gasteiger partial charge in [0.1, 0.15) is 11.1 Å². The number of anilines is 1. The first kappa shape index (κ1) is 7.40. The smallest absolute Gasteiger partial charge is 0.104 e. The summed E-state index contributed by atoms with van der Waals surface area (Å²) >= 11 is 1.65. The highest BCUT2D eigenvalue weighted by atomic mass is 32.1. The molecule has 3 heteroatoms. The Bertz CT molecular complexity index is 413. The fourth-order valence-corrected chi connectivity index (χ4v) is 4.04. The number of nitrogens with two attached hydrogens (primary N) is 1. The van der Waals surface area contributed by atoms with Crippen LogP contribution in [0.2, 0.25) is 0 Å². The van der Waals surface area contributed by atoms with Gasteiger partial charge in [0.05, 0.1) is 5.56 Å². The average Bonchev–Trinajstić information content (AvgIpc) is 2.72. The SMILES string of the molecule is N#Cc1c(N)sc2c1C1CCC2C1. The van der Waals surface area contributed by atoms with Crippen LogP contribution in [0.1, 0.15) is 47.1 Å². The quantitative estimate of drug-likeness (QED) is 0.683. The van der Waals surface area contributed by atoms with E-state index in [2.05, 4.69) is 6.07 Å². The van der Waals surface area contributed by atoms with Crippen LogP contribution in [0.15, 0.2) is 0 Å². The van der Waals surface area contributed by atoms with Crippen molar-refractivity contribution in [1.82, 2.24) is 0 Å². The van der Waals surface area contributed by atoms with Gasteiger partial charge in [-0.05, 0) is 36.7 Å². The number of nitrogens with zero attached hydrogens (tertiary/aromatic N) is 1. The fraction of sp³-hybridized carbons (Fsp3) is 0.500. The molecule has 1 fully saturated rings. The zero-order chi connectivity index (χ0) is 9.00. The van der Waals surface area contributed by atoms with E-state index in [9.17, 15) is 0 Å². The third-order valence-corrected chi connectivity index (χ3v) is 4.52. The minimum atomic E-state index is 0.656. The minimum absolute atomic E-state index is 0.656. The third-order valence-electron chi connectivity index (χ3n) is 3.32. The van der Waals surface area contributed by atoms with Crippen LogP contribution in [0.3, 0.4) is 0 Å². The maximum absolute atomic E-state index is 8.98. The van der Waals surface area contributed by atoms with Crippen LogP contribution >= 0.6 is 11.3 Å². The lowest BCUT2D eigenvalue weighted by Crippen LogP contribution is -1.95. The standard InChI is InChI=1S/C10H10N2S/c11-4-7-8-5-1-2-6(3-5)9(8)13-10(7)12/h5-6H,1-3,12H2. The second-order valence-corrected chi connectivity index (χ2v) is 5.02. The highest BCUT2D eigenvalue weighted by molar-refractivity contribution is 7.16. The summed E-state index contributed by atoms with van der Waals surface area (Å²) in [5.74, 6) is 1.39. The highest BCUT2D eigenvalue weighted by Crippen LogP contribution is 2.58. The van der Waals surface area contributed by atoms with E-state index in [1.165, 1.54) is 29.7 Å². The first-order valence-corrected chi connectivity index (χ1v) is 5.45. The predicted octanol–water partition coefficient (Wildman–Crippen LogP) is 2.57. The van der Waals surface area contributed by atoms with Gasteiger partial charge in [0.2, 0.25) is 0 Å². The van der Waals surface area contributed by atoms with Gasteiger partial charge in [0, 0.05) is 4.88 Å². The van der Waals surface area contributed by atoms with E-state index in [1.807, 2.05) is 0 Å². The summed E-state index contributed by atoms with van der Waals surface area (Å²) in [7, 11) is 0.